The summed E-state index contributed by atoms with van der Waals surface area (Å²) in [7, 11) is -4.75. The summed E-state index contributed by atoms with van der Waals surface area (Å²) in [6, 6.07) is 14.1. The van der Waals surface area contributed by atoms with Crippen LogP contribution in [0.3, 0.4) is 0 Å². The molecule has 0 spiro atoms. The van der Waals surface area contributed by atoms with Gasteiger partial charge in [0.25, 0.3) is 0 Å². The van der Waals surface area contributed by atoms with Crippen LogP contribution in [0.15, 0.2) is 72.5 Å². The van der Waals surface area contributed by atoms with Crippen LogP contribution in [0.4, 0.5) is 18.9 Å². The van der Waals surface area contributed by atoms with E-state index in [2.05, 4.69) is 0 Å². The Hall–Kier alpha value is -3.13. The van der Waals surface area contributed by atoms with Gasteiger partial charge in [-0.1, -0.05) is 6.08 Å². The smallest absolute Gasteiger partial charge is 0.408 e. The topological polar surface area (TPSA) is 93.2 Å². The number of benzene rings is 2. The molecule has 0 saturated carbocycles. The second kappa shape index (κ2) is 8.55. The number of quaternary nitrogens is 1. The van der Waals surface area contributed by atoms with Crippen molar-refractivity contribution in [3.05, 3.63) is 78.0 Å². The Balaban J connectivity index is 1.99. The zero-order valence-electron chi connectivity index (χ0n) is 16.2. The molecular formula is C21H19F3N3O3S+. The summed E-state index contributed by atoms with van der Waals surface area (Å²) in [5, 5.41) is 8.84. The van der Waals surface area contributed by atoms with Crippen molar-refractivity contribution in [1.82, 2.24) is 3.89 Å². The number of nitriles is 1. The Morgan fingerprint density at radius 3 is 2.16 bits per heavy atom. The third kappa shape index (κ3) is 4.64. The van der Waals surface area contributed by atoms with Crippen LogP contribution in [0.1, 0.15) is 5.56 Å². The van der Waals surface area contributed by atoms with Crippen molar-refractivity contribution in [2.45, 2.75) is 6.18 Å². The van der Waals surface area contributed by atoms with Crippen LogP contribution in [0.2, 0.25) is 0 Å². The van der Waals surface area contributed by atoms with Crippen LogP contribution >= 0.6 is 0 Å². The number of nitrogens with zero attached hydrogens (tertiary/aromatic N) is 2. The first-order valence-electron chi connectivity index (χ1n) is 9.14. The highest BCUT2D eigenvalue weighted by molar-refractivity contribution is 7.91. The number of sulfonamides is 1. The van der Waals surface area contributed by atoms with E-state index < -0.39 is 25.8 Å². The van der Waals surface area contributed by atoms with E-state index >= 15 is 0 Å². The predicted molar refractivity (Wildman–Crippen MR) is 110 cm³/mol. The molecule has 0 fully saturated rings. The predicted octanol–water partition coefficient (Wildman–Crippen LogP) is 3.96. The minimum Gasteiger partial charge on any atom is -0.457 e. The quantitative estimate of drug-likeness (QED) is 0.673. The summed E-state index contributed by atoms with van der Waals surface area (Å²) in [6.07, 6.45) is -0.402. The molecule has 0 saturated heterocycles. The van der Waals surface area contributed by atoms with Crippen molar-refractivity contribution in [2.75, 3.05) is 18.8 Å². The number of nitrogens with two attached hydrogens (primary N) is 1. The summed E-state index contributed by atoms with van der Waals surface area (Å²) in [5.41, 5.74) is 6.44. The first-order valence-corrected chi connectivity index (χ1v) is 10.7. The first-order chi connectivity index (χ1) is 14.6. The molecule has 0 aromatic heterocycles. The lowest BCUT2D eigenvalue weighted by atomic mass is 10.2. The molecule has 0 radical (unpaired) electrons. The Morgan fingerprint density at radius 2 is 1.65 bits per heavy atom. The molecule has 1 heterocycles. The van der Waals surface area contributed by atoms with Gasteiger partial charge in [-0.25, -0.2) is 0 Å². The molecule has 6 nitrogen and oxygen atoms in total. The van der Waals surface area contributed by atoms with Gasteiger partial charge in [0, 0.05) is 12.1 Å². The van der Waals surface area contributed by atoms with Gasteiger partial charge in [-0.3, -0.25) is 0 Å². The molecule has 0 aliphatic carbocycles. The van der Waals surface area contributed by atoms with E-state index in [0.717, 1.165) is 0 Å². The van der Waals surface area contributed by atoms with Gasteiger partial charge in [-0.05, 0) is 48.6 Å². The van der Waals surface area contributed by atoms with Crippen LogP contribution in [0.5, 0.6) is 11.5 Å². The minimum absolute atomic E-state index is 0.123. The molecule has 3 rings (SSSR count). The van der Waals surface area contributed by atoms with E-state index in [0.29, 0.717) is 17.1 Å². The Labute approximate surface area is 177 Å². The SMILES string of the molecule is N#Cc1ccc(Oc2ccc([N+]3(S(=O)(=O)CC(F)(F)F)CC=CC=C3CN)cc2)cc1. The maximum absolute atomic E-state index is 13.1. The van der Waals surface area contributed by atoms with Gasteiger partial charge in [-0.15, -0.1) is 0 Å². The minimum atomic E-state index is -4.90. The second-order valence-corrected chi connectivity index (χ2v) is 8.86. The highest BCUT2D eigenvalue weighted by Gasteiger charge is 2.52. The van der Waals surface area contributed by atoms with Crippen LogP contribution in [-0.4, -0.2) is 33.4 Å². The molecule has 1 atom stereocenters. The van der Waals surface area contributed by atoms with Crippen LogP contribution < -0.4 is 14.4 Å². The number of hydrogen-bond donors (Lipinski definition) is 1. The van der Waals surface area contributed by atoms with Gasteiger partial charge in [0.2, 0.25) is 0 Å². The van der Waals surface area contributed by atoms with Gasteiger partial charge in [-0.2, -0.15) is 30.7 Å². The Bertz CT molecular complexity index is 1150. The fourth-order valence-corrected chi connectivity index (χ4v) is 5.25. The molecule has 2 N–H and O–H groups in total. The van der Waals surface area contributed by atoms with Crippen LogP contribution in [0.25, 0.3) is 0 Å². The standard InChI is InChI=1S/C21H19F3N3O3S/c22-21(23,24)15-31(28,29)27(12-2-1-3-18(27)14-26)17-6-10-20(11-7-17)30-19-8-4-16(13-25)5-9-19/h1-11H,12,14-15,26H2/q+1. The third-order valence-electron chi connectivity index (χ3n) is 4.75. The normalized spacial score (nSPS) is 18.9. The highest BCUT2D eigenvalue weighted by Crippen LogP contribution is 2.38. The van der Waals surface area contributed by atoms with Crippen LogP contribution in [-0.2, 0) is 10.0 Å². The van der Waals surface area contributed by atoms with Gasteiger partial charge < -0.3 is 10.5 Å². The van der Waals surface area contributed by atoms with Crippen molar-refractivity contribution in [3.63, 3.8) is 0 Å². The Morgan fingerprint density at radius 1 is 1.06 bits per heavy atom. The maximum atomic E-state index is 13.1. The average Bonchev–Trinajstić information content (AvgIpc) is 2.73. The second-order valence-electron chi connectivity index (χ2n) is 6.79. The van der Waals surface area contributed by atoms with E-state index in [9.17, 15) is 21.6 Å². The van der Waals surface area contributed by atoms with Gasteiger partial charge in [0.05, 0.1) is 18.2 Å². The largest absolute Gasteiger partial charge is 0.457 e. The lowest BCUT2D eigenvalue weighted by molar-refractivity contribution is -0.106. The summed E-state index contributed by atoms with van der Waals surface area (Å²) < 4.78 is 69.9. The van der Waals surface area contributed by atoms with Crippen LogP contribution in [0, 0.1) is 11.3 Å². The molecule has 1 unspecified atom stereocenters. The molecule has 10 heteroatoms. The summed E-state index contributed by atoms with van der Waals surface area (Å²) in [5.74, 6) is -1.18. The van der Waals surface area contributed by atoms with Gasteiger partial charge in [0.1, 0.15) is 23.7 Å². The van der Waals surface area contributed by atoms with Crippen molar-refractivity contribution < 1.29 is 26.3 Å². The van der Waals surface area contributed by atoms with E-state index in [1.807, 2.05) is 6.07 Å². The van der Waals surface area contributed by atoms with Crippen molar-refractivity contribution in [1.29, 1.82) is 5.26 Å². The third-order valence-corrected chi connectivity index (χ3v) is 6.99. The molecular weight excluding hydrogens is 431 g/mol. The summed E-state index contributed by atoms with van der Waals surface area (Å²) in [4.78, 5) is 0. The first kappa shape index (κ1) is 22.6. The van der Waals surface area contributed by atoms with Crippen molar-refractivity contribution in [3.8, 4) is 17.6 Å². The Kier molecular flexibility index (Phi) is 6.22. The molecule has 1 aliphatic rings. The zero-order valence-corrected chi connectivity index (χ0v) is 17.0. The number of halogens is 3. The molecule has 0 bridgehead atoms. The number of ether oxygens (including phenoxy) is 1. The molecule has 162 valence electrons. The summed E-state index contributed by atoms with van der Waals surface area (Å²) >= 11 is 0. The number of alkyl halides is 3. The number of rotatable bonds is 6. The summed E-state index contributed by atoms with van der Waals surface area (Å²) in [6.45, 7) is -0.442. The van der Waals surface area contributed by atoms with Gasteiger partial charge >= 0.3 is 16.2 Å². The van der Waals surface area contributed by atoms with E-state index in [1.54, 1.807) is 30.3 Å². The molecule has 2 aromatic rings. The van der Waals surface area contributed by atoms with Crippen molar-refractivity contribution in [2.24, 2.45) is 5.73 Å². The molecule has 1 aliphatic heterocycles. The van der Waals surface area contributed by atoms with E-state index in [1.165, 1.54) is 36.4 Å². The lowest BCUT2D eigenvalue weighted by Gasteiger charge is -2.38. The number of hydrogen-bond acceptors (Lipinski definition) is 5. The molecule has 0 amide bonds. The highest BCUT2D eigenvalue weighted by atomic mass is 32.2. The zero-order chi connectivity index (χ0) is 22.7. The lowest BCUT2D eigenvalue weighted by Crippen LogP contribution is -2.58. The monoisotopic (exact) mass is 450 g/mol. The van der Waals surface area contributed by atoms with E-state index in [-0.39, 0.29) is 24.5 Å². The fourth-order valence-electron chi connectivity index (χ4n) is 3.37. The maximum Gasteiger partial charge on any atom is 0.408 e. The molecule has 31 heavy (non-hydrogen) atoms. The molecule has 2 aromatic carbocycles. The number of allylic oxidation sites excluding steroid dienone is 2. The van der Waals surface area contributed by atoms with E-state index in [4.69, 9.17) is 15.7 Å². The van der Waals surface area contributed by atoms with Crippen molar-refractivity contribution >= 4 is 15.7 Å². The average molecular weight is 450 g/mol. The van der Waals surface area contributed by atoms with Gasteiger partial charge in [0.15, 0.2) is 11.4 Å². The fraction of sp³-hybridized carbons (Fsp3) is 0.190.